The van der Waals surface area contributed by atoms with Crippen molar-refractivity contribution in [3.8, 4) is 0 Å². The van der Waals surface area contributed by atoms with Gasteiger partial charge in [0.1, 0.15) is 10.8 Å². The van der Waals surface area contributed by atoms with Gasteiger partial charge < -0.3 is 15.7 Å². The van der Waals surface area contributed by atoms with Gasteiger partial charge in [-0.15, -0.1) is 0 Å². The van der Waals surface area contributed by atoms with Crippen LogP contribution < -0.4 is 10.6 Å². The Balaban J connectivity index is 3.25. The van der Waals surface area contributed by atoms with Crippen molar-refractivity contribution in [1.29, 1.82) is 0 Å². The number of aromatic nitrogens is 2. The number of rotatable bonds is 5. The predicted octanol–water partition coefficient (Wildman–Crippen LogP) is 0.960. The van der Waals surface area contributed by atoms with Gasteiger partial charge in [-0.25, -0.2) is 0 Å². The molecule has 0 saturated heterocycles. The summed E-state index contributed by atoms with van der Waals surface area (Å²) in [4.78, 5) is 2.37. The van der Waals surface area contributed by atoms with E-state index in [9.17, 15) is 5.11 Å². The van der Waals surface area contributed by atoms with Gasteiger partial charge in [0, 0.05) is 20.1 Å². The molecule has 0 radical (unpaired) electrons. The van der Waals surface area contributed by atoms with Crippen molar-refractivity contribution < 1.29 is 5.11 Å². The van der Waals surface area contributed by atoms with Crippen LogP contribution in [-0.2, 0) is 7.05 Å². The van der Waals surface area contributed by atoms with Crippen molar-refractivity contribution in [3.05, 3.63) is 11.3 Å². The molecule has 0 aliphatic heterocycles. The molecular weight excluding hydrogens is 248 g/mol. The fourth-order valence-electron chi connectivity index (χ4n) is 2.10. The molecule has 102 valence electrons. The summed E-state index contributed by atoms with van der Waals surface area (Å²) >= 11 is 5.09. The number of nitrogens with two attached hydrogens (primary N) is 1. The van der Waals surface area contributed by atoms with Gasteiger partial charge >= 0.3 is 0 Å². The highest BCUT2D eigenvalue weighted by Crippen LogP contribution is 2.24. The van der Waals surface area contributed by atoms with E-state index >= 15 is 0 Å². The van der Waals surface area contributed by atoms with Crippen molar-refractivity contribution in [2.75, 3.05) is 18.0 Å². The molecule has 0 atom stereocenters. The number of nitrogens with zero attached hydrogens (tertiary/aromatic N) is 3. The third-order valence-electron chi connectivity index (χ3n) is 2.70. The lowest BCUT2D eigenvalue weighted by molar-refractivity contribution is 0.0872. The van der Waals surface area contributed by atoms with Crippen LogP contribution in [0.4, 0.5) is 5.82 Å². The van der Waals surface area contributed by atoms with Crippen LogP contribution in [0.15, 0.2) is 0 Å². The second kappa shape index (κ2) is 5.24. The number of hydrogen-bond acceptors (Lipinski definition) is 4. The van der Waals surface area contributed by atoms with Crippen molar-refractivity contribution in [3.63, 3.8) is 0 Å². The van der Waals surface area contributed by atoms with Crippen molar-refractivity contribution in [2.24, 2.45) is 12.8 Å². The minimum Gasteiger partial charge on any atom is -0.389 e. The maximum Gasteiger partial charge on any atom is 0.137 e. The molecule has 0 aliphatic rings. The van der Waals surface area contributed by atoms with Crippen LogP contribution in [0.1, 0.15) is 32.0 Å². The molecule has 5 nitrogen and oxygen atoms in total. The summed E-state index contributed by atoms with van der Waals surface area (Å²) in [5.41, 5.74) is 6.59. The van der Waals surface area contributed by atoms with E-state index in [1.54, 1.807) is 18.5 Å². The molecule has 0 aromatic carbocycles. The van der Waals surface area contributed by atoms with Crippen molar-refractivity contribution in [2.45, 2.75) is 33.3 Å². The summed E-state index contributed by atoms with van der Waals surface area (Å²) in [5.74, 6) is 0.865. The summed E-state index contributed by atoms with van der Waals surface area (Å²) in [5, 5.41) is 14.3. The van der Waals surface area contributed by atoms with E-state index in [0.29, 0.717) is 11.5 Å². The van der Waals surface area contributed by atoms with E-state index in [1.807, 2.05) is 25.8 Å². The summed E-state index contributed by atoms with van der Waals surface area (Å²) in [7, 11) is 1.86. The zero-order chi connectivity index (χ0) is 14.1. The summed E-state index contributed by atoms with van der Waals surface area (Å²) in [6.45, 7) is 8.71. The zero-order valence-electron chi connectivity index (χ0n) is 11.7. The molecule has 0 aliphatic carbocycles. The predicted molar refractivity (Wildman–Crippen MR) is 78.0 cm³/mol. The third-order valence-corrected chi connectivity index (χ3v) is 2.90. The Bertz CT molecular complexity index is 448. The monoisotopic (exact) mass is 270 g/mol. The molecule has 0 saturated carbocycles. The molecule has 6 heteroatoms. The largest absolute Gasteiger partial charge is 0.389 e. The van der Waals surface area contributed by atoms with Gasteiger partial charge in [-0.3, -0.25) is 4.68 Å². The van der Waals surface area contributed by atoms with Gasteiger partial charge in [0.2, 0.25) is 0 Å². The first-order valence-corrected chi connectivity index (χ1v) is 6.39. The smallest absolute Gasteiger partial charge is 0.137 e. The van der Waals surface area contributed by atoms with Gasteiger partial charge in [-0.1, -0.05) is 12.2 Å². The van der Waals surface area contributed by atoms with Gasteiger partial charge in [0.25, 0.3) is 0 Å². The van der Waals surface area contributed by atoms with E-state index in [4.69, 9.17) is 18.0 Å². The van der Waals surface area contributed by atoms with E-state index in [1.165, 1.54) is 0 Å². The zero-order valence-corrected chi connectivity index (χ0v) is 12.5. The molecule has 0 bridgehead atoms. The fraction of sp³-hybridized carbons (Fsp3) is 0.667. The van der Waals surface area contributed by atoms with Crippen LogP contribution in [0, 0.1) is 6.92 Å². The molecule has 0 spiro atoms. The van der Waals surface area contributed by atoms with Gasteiger partial charge in [0.05, 0.1) is 16.9 Å². The normalized spacial score (nSPS) is 11.7. The van der Waals surface area contributed by atoms with Crippen LogP contribution in [0.25, 0.3) is 0 Å². The maximum absolute atomic E-state index is 9.97. The standard InChI is InChI=1S/C12H22N4OS/c1-6-16(7-12(3,4)17)11-9(10(13)18)8(2)14-15(11)5/h17H,6-7H2,1-5H3,(H2,13,18). The van der Waals surface area contributed by atoms with Crippen molar-refractivity contribution in [1.82, 2.24) is 9.78 Å². The van der Waals surface area contributed by atoms with Gasteiger partial charge in [-0.05, 0) is 27.7 Å². The molecule has 3 N–H and O–H groups in total. The van der Waals surface area contributed by atoms with Crippen LogP contribution >= 0.6 is 12.2 Å². The van der Waals surface area contributed by atoms with E-state index in [2.05, 4.69) is 5.10 Å². The molecule has 0 unspecified atom stereocenters. The number of likely N-dealkylation sites (N-methyl/N-ethyl adjacent to an activating group) is 1. The molecule has 0 amide bonds. The Kier molecular flexibility index (Phi) is 4.34. The number of anilines is 1. The maximum atomic E-state index is 9.97. The quantitative estimate of drug-likeness (QED) is 0.780. The number of aryl methyl sites for hydroxylation is 2. The average Bonchev–Trinajstić information content (AvgIpc) is 2.48. The first-order chi connectivity index (χ1) is 8.17. The SMILES string of the molecule is CCN(CC(C)(C)O)c1c(C(N)=S)c(C)nn1C. The second-order valence-electron chi connectivity index (χ2n) is 5.10. The highest BCUT2D eigenvalue weighted by molar-refractivity contribution is 7.80. The van der Waals surface area contributed by atoms with E-state index in [0.717, 1.165) is 23.6 Å². The molecule has 1 aromatic heterocycles. The highest BCUT2D eigenvalue weighted by atomic mass is 32.1. The first kappa shape index (κ1) is 14.9. The topological polar surface area (TPSA) is 67.3 Å². The van der Waals surface area contributed by atoms with E-state index < -0.39 is 5.60 Å². The minimum absolute atomic E-state index is 0.338. The summed E-state index contributed by atoms with van der Waals surface area (Å²) in [6, 6.07) is 0. The average molecular weight is 270 g/mol. The lowest BCUT2D eigenvalue weighted by Gasteiger charge is -2.30. The minimum atomic E-state index is -0.790. The molecular formula is C12H22N4OS. The molecule has 1 heterocycles. The van der Waals surface area contributed by atoms with Crippen LogP contribution in [0.5, 0.6) is 0 Å². The molecule has 1 rings (SSSR count). The summed E-state index contributed by atoms with van der Waals surface area (Å²) < 4.78 is 1.76. The highest BCUT2D eigenvalue weighted by Gasteiger charge is 2.24. The number of thiocarbonyl (C=S) groups is 1. The van der Waals surface area contributed by atoms with Gasteiger partial charge in [-0.2, -0.15) is 5.10 Å². The lowest BCUT2D eigenvalue weighted by atomic mass is 10.1. The van der Waals surface area contributed by atoms with E-state index in [-0.39, 0.29) is 0 Å². The Morgan fingerprint density at radius 3 is 2.50 bits per heavy atom. The molecule has 0 fully saturated rings. The Morgan fingerprint density at radius 2 is 2.11 bits per heavy atom. The van der Waals surface area contributed by atoms with Crippen LogP contribution in [0.3, 0.4) is 0 Å². The lowest BCUT2D eigenvalue weighted by Crippen LogP contribution is -2.40. The Hall–Kier alpha value is -1.14. The summed E-state index contributed by atoms with van der Waals surface area (Å²) in [6.07, 6.45) is 0. The fourth-order valence-corrected chi connectivity index (χ4v) is 2.34. The third kappa shape index (κ3) is 3.20. The van der Waals surface area contributed by atoms with Crippen molar-refractivity contribution >= 4 is 23.0 Å². The number of aliphatic hydroxyl groups is 1. The first-order valence-electron chi connectivity index (χ1n) is 5.98. The van der Waals surface area contributed by atoms with Gasteiger partial charge in [0.15, 0.2) is 0 Å². The Morgan fingerprint density at radius 1 is 1.56 bits per heavy atom. The molecule has 18 heavy (non-hydrogen) atoms. The number of hydrogen-bond donors (Lipinski definition) is 2. The molecule has 1 aromatic rings. The second-order valence-corrected chi connectivity index (χ2v) is 5.54. The Labute approximate surface area is 114 Å². The van der Waals surface area contributed by atoms with Crippen LogP contribution in [0.2, 0.25) is 0 Å². The van der Waals surface area contributed by atoms with Crippen LogP contribution in [-0.4, -0.2) is 38.6 Å².